The van der Waals surface area contributed by atoms with E-state index >= 15 is 0 Å². The summed E-state index contributed by atoms with van der Waals surface area (Å²) >= 11 is 0. The van der Waals surface area contributed by atoms with Gasteiger partial charge >= 0.3 is 6.16 Å². The van der Waals surface area contributed by atoms with Crippen molar-refractivity contribution < 1.29 is 14.3 Å². The molecule has 0 bridgehead atoms. The molecule has 0 aliphatic carbocycles. The number of rotatable bonds is 11. The minimum Gasteiger partial charge on any atom is -0.395 e. The first kappa shape index (κ1) is 21.0. The van der Waals surface area contributed by atoms with Crippen molar-refractivity contribution in [3.63, 3.8) is 0 Å². The van der Waals surface area contributed by atoms with Crippen LogP contribution in [-0.2, 0) is 12.8 Å². The van der Waals surface area contributed by atoms with Gasteiger partial charge in [0.1, 0.15) is 11.5 Å². The third-order valence-electron chi connectivity index (χ3n) is 4.64. The lowest BCUT2D eigenvalue weighted by atomic mass is 10.1. The first-order chi connectivity index (χ1) is 13.2. The Labute approximate surface area is 163 Å². The monoisotopic (exact) mass is 368 g/mol. The summed E-state index contributed by atoms with van der Waals surface area (Å²) in [5, 5.41) is 0. The van der Waals surface area contributed by atoms with Crippen molar-refractivity contribution in [2.75, 3.05) is 0 Å². The number of ether oxygens (including phenoxy) is 2. The quantitative estimate of drug-likeness (QED) is 0.241. The van der Waals surface area contributed by atoms with E-state index in [1.54, 1.807) is 0 Å². The summed E-state index contributed by atoms with van der Waals surface area (Å²) in [6.45, 7) is 4.41. The van der Waals surface area contributed by atoms with E-state index in [1.807, 2.05) is 48.5 Å². The highest BCUT2D eigenvalue weighted by Crippen LogP contribution is 2.18. The molecule has 27 heavy (non-hydrogen) atoms. The maximum absolute atomic E-state index is 12.0. The van der Waals surface area contributed by atoms with E-state index in [-0.39, 0.29) is 0 Å². The van der Waals surface area contributed by atoms with Crippen LogP contribution in [0, 0.1) is 0 Å². The predicted molar refractivity (Wildman–Crippen MR) is 111 cm³/mol. The topological polar surface area (TPSA) is 35.5 Å². The molecule has 0 fully saturated rings. The summed E-state index contributed by atoms with van der Waals surface area (Å²) in [6, 6.07) is 15.3. The van der Waals surface area contributed by atoms with Crippen molar-refractivity contribution in [1.29, 1.82) is 0 Å². The van der Waals surface area contributed by atoms with E-state index in [0.29, 0.717) is 11.5 Å². The summed E-state index contributed by atoms with van der Waals surface area (Å²) in [7, 11) is 0. The largest absolute Gasteiger partial charge is 0.519 e. The van der Waals surface area contributed by atoms with Gasteiger partial charge in [0.05, 0.1) is 0 Å². The third kappa shape index (κ3) is 8.29. The highest BCUT2D eigenvalue weighted by atomic mass is 16.7. The second-order valence-electron chi connectivity index (χ2n) is 7.01. The summed E-state index contributed by atoms with van der Waals surface area (Å²) in [5.74, 6) is 1.01. The van der Waals surface area contributed by atoms with Gasteiger partial charge in [0.25, 0.3) is 0 Å². The van der Waals surface area contributed by atoms with Gasteiger partial charge in [0.15, 0.2) is 0 Å². The number of unbranched alkanes of at least 4 members (excludes halogenated alkanes) is 5. The first-order valence-electron chi connectivity index (χ1n) is 10.3. The minimum absolute atomic E-state index is 0.506. The van der Waals surface area contributed by atoms with Crippen LogP contribution < -0.4 is 9.47 Å². The SMILES string of the molecule is CCCCCCc1ccc(OC(=O)Oc2ccc(CCCCC)cc2)cc1. The Kier molecular flexibility index (Phi) is 9.47. The molecule has 0 saturated heterocycles. The average molecular weight is 369 g/mol. The number of carbonyl (C=O) groups is 1. The van der Waals surface area contributed by atoms with Gasteiger partial charge in [-0.05, 0) is 61.1 Å². The fraction of sp³-hybridized carbons (Fsp3) is 0.458. The van der Waals surface area contributed by atoms with Crippen LogP contribution in [0.4, 0.5) is 4.79 Å². The summed E-state index contributed by atoms with van der Waals surface area (Å²) < 4.78 is 10.5. The Bertz CT molecular complexity index is 659. The molecule has 0 aliphatic rings. The Morgan fingerprint density at radius 1 is 0.630 bits per heavy atom. The van der Waals surface area contributed by atoms with E-state index in [9.17, 15) is 4.79 Å². The van der Waals surface area contributed by atoms with E-state index < -0.39 is 6.16 Å². The molecule has 0 atom stereocenters. The van der Waals surface area contributed by atoms with Crippen molar-refractivity contribution in [2.24, 2.45) is 0 Å². The highest BCUT2D eigenvalue weighted by molar-refractivity contribution is 5.67. The Hall–Kier alpha value is -2.29. The zero-order valence-electron chi connectivity index (χ0n) is 16.7. The molecule has 2 aromatic rings. The zero-order chi connectivity index (χ0) is 19.3. The van der Waals surface area contributed by atoms with E-state index in [0.717, 1.165) is 12.8 Å². The van der Waals surface area contributed by atoms with E-state index in [2.05, 4.69) is 13.8 Å². The maximum atomic E-state index is 12.0. The molecule has 0 aliphatic heterocycles. The van der Waals surface area contributed by atoms with Crippen LogP contribution in [0.25, 0.3) is 0 Å². The van der Waals surface area contributed by atoms with Crippen LogP contribution in [0.5, 0.6) is 11.5 Å². The molecule has 0 unspecified atom stereocenters. The van der Waals surface area contributed by atoms with Crippen LogP contribution in [0.3, 0.4) is 0 Å². The predicted octanol–water partition coefficient (Wildman–Crippen LogP) is 7.12. The Morgan fingerprint density at radius 2 is 1.04 bits per heavy atom. The second kappa shape index (κ2) is 12.2. The van der Waals surface area contributed by atoms with Crippen LogP contribution in [0.15, 0.2) is 48.5 Å². The van der Waals surface area contributed by atoms with E-state index in [1.165, 1.54) is 56.1 Å². The Balaban J connectivity index is 1.76. The Morgan fingerprint density at radius 3 is 1.48 bits per heavy atom. The van der Waals surface area contributed by atoms with Gasteiger partial charge in [-0.3, -0.25) is 0 Å². The molecule has 2 rings (SSSR count). The average Bonchev–Trinajstić information content (AvgIpc) is 2.68. The molecular formula is C24H32O3. The molecule has 0 N–H and O–H groups in total. The zero-order valence-corrected chi connectivity index (χ0v) is 16.7. The number of benzene rings is 2. The van der Waals surface area contributed by atoms with Gasteiger partial charge in [0.2, 0.25) is 0 Å². The molecule has 3 heteroatoms. The summed E-state index contributed by atoms with van der Waals surface area (Å²) in [4.78, 5) is 12.0. The molecule has 0 aromatic heterocycles. The molecule has 0 heterocycles. The van der Waals surface area contributed by atoms with Gasteiger partial charge in [-0.25, -0.2) is 4.79 Å². The lowest BCUT2D eigenvalue weighted by Gasteiger charge is -2.07. The number of carbonyl (C=O) groups excluding carboxylic acids is 1. The molecule has 0 radical (unpaired) electrons. The smallest absolute Gasteiger partial charge is 0.395 e. The van der Waals surface area contributed by atoms with Gasteiger partial charge in [0, 0.05) is 0 Å². The van der Waals surface area contributed by atoms with Gasteiger partial charge in [-0.1, -0.05) is 70.2 Å². The van der Waals surface area contributed by atoms with Crippen molar-refractivity contribution >= 4 is 6.16 Å². The lowest BCUT2D eigenvalue weighted by molar-refractivity contribution is 0.152. The highest BCUT2D eigenvalue weighted by Gasteiger charge is 2.08. The second-order valence-corrected chi connectivity index (χ2v) is 7.01. The third-order valence-corrected chi connectivity index (χ3v) is 4.64. The summed E-state index contributed by atoms with van der Waals surface area (Å²) in [6.07, 6.45) is 10.1. The number of aryl methyl sites for hydroxylation is 2. The fourth-order valence-corrected chi connectivity index (χ4v) is 3.00. The van der Waals surface area contributed by atoms with Gasteiger partial charge in [-0.15, -0.1) is 0 Å². The molecular weight excluding hydrogens is 336 g/mol. The molecule has 3 nitrogen and oxygen atoms in total. The molecule has 2 aromatic carbocycles. The molecule has 0 spiro atoms. The van der Waals surface area contributed by atoms with Crippen LogP contribution >= 0.6 is 0 Å². The van der Waals surface area contributed by atoms with Crippen molar-refractivity contribution in [3.8, 4) is 11.5 Å². The van der Waals surface area contributed by atoms with Crippen LogP contribution in [0.1, 0.15) is 69.9 Å². The fourth-order valence-electron chi connectivity index (χ4n) is 3.00. The minimum atomic E-state index is -0.704. The van der Waals surface area contributed by atoms with Crippen molar-refractivity contribution in [2.45, 2.75) is 71.6 Å². The van der Waals surface area contributed by atoms with Crippen molar-refractivity contribution in [3.05, 3.63) is 59.7 Å². The molecule has 0 amide bonds. The number of hydrogen-bond donors (Lipinski definition) is 0. The normalized spacial score (nSPS) is 10.6. The van der Waals surface area contributed by atoms with E-state index in [4.69, 9.17) is 9.47 Å². The lowest BCUT2D eigenvalue weighted by Crippen LogP contribution is -2.13. The first-order valence-corrected chi connectivity index (χ1v) is 10.3. The van der Waals surface area contributed by atoms with Crippen LogP contribution in [0.2, 0.25) is 0 Å². The standard InChI is InChI=1S/C24H32O3/c1-3-5-7-9-11-21-14-18-23(19-15-21)27-24(25)26-22-16-12-20(13-17-22)10-8-6-4-2/h12-19H,3-11H2,1-2H3. The van der Waals surface area contributed by atoms with Crippen molar-refractivity contribution in [1.82, 2.24) is 0 Å². The van der Waals surface area contributed by atoms with Crippen LogP contribution in [-0.4, -0.2) is 6.16 Å². The molecule has 0 saturated carbocycles. The van der Waals surface area contributed by atoms with Gasteiger partial charge < -0.3 is 9.47 Å². The van der Waals surface area contributed by atoms with Gasteiger partial charge in [-0.2, -0.15) is 0 Å². The summed E-state index contributed by atoms with van der Waals surface area (Å²) in [5.41, 5.74) is 2.53. The maximum Gasteiger partial charge on any atom is 0.519 e. The number of hydrogen-bond acceptors (Lipinski definition) is 3. The molecule has 146 valence electrons.